The van der Waals surface area contributed by atoms with E-state index in [0.29, 0.717) is 5.92 Å². The first-order valence-electron chi connectivity index (χ1n) is 5.42. The first-order chi connectivity index (χ1) is 7.07. The van der Waals surface area contributed by atoms with Crippen molar-refractivity contribution in [2.24, 2.45) is 7.05 Å². The molecule has 1 heterocycles. The van der Waals surface area contributed by atoms with E-state index >= 15 is 0 Å². The van der Waals surface area contributed by atoms with E-state index in [4.69, 9.17) is 0 Å². The molecule has 0 fully saturated rings. The summed E-state index contributed by atoms with van der Waals surface area (Å²) in [7, 11) is 1.91. The van der Waals surface area contributed by atoms with Crippen LogP contribution in [-0.4, -0.2) is 9.78 Å². The molecule has 0 saturated heterocycles. The quantitative estimate of drug-likeness (QED) is 0.723. The number of aryl methyl sites for hydroxylation is 1. The molecule has 0 unspecified atom stereocenters. The van der Waals surface area contributed by atoms with Gasteiger partial charge >= 0.3 is 0 Å². The molecule has 0 saturated carbocycles. The lowest BCUT2D eigenvalue weighted by molar-refractivity contribution is 0.700. The maximum Gasteiger partial charge on any atom is 0.0728 e. The normalized spacial score (nSPS) is 11.2. The zero-order chi connectivity index (χ0) is 12.0. The molecule has 0 aliphatic carbocycles. The number of nitrogens with zero attached hydrogens (tertiary/aromatic N) is 2. The molecule has 2 heteroatoms. The lowest BCUT2D eigenvalue weighted by Gasteiger charge is -1.97. The summed E-state index contributed by atoms with van der Waals surface area (Å²) in [6.07, 6.45) is 3.74. The van der Waals surface area contributed by atoms with Crippen molar-refractivity contribution < 1.29 is 0 Å². The van der Waals surface area contributed by atoms with Crippen LogP contribution >= 0.6 is 0 Å². The van der Waals surface area contributed by atoms with Gasteiger partial charge in [-0.3, -0.25) is 4.68 Å². The van der Waals surface area contributed by atoms with Gasteiger partial charge in [0.1, 0.15) is 0 Å². The first kappa shape index (κ1) is 13.7. The smallest absolute Gasteiger partial charge is 0.0728 e. The number of rotatable bonds is 2. The van der Waals surface area contributed by atoms with Crippen LogP contribution in [0.5, 0.6) is 0 Å². The predicted molar refractivity (Wildman–Crippen MR) is 68.1 cm³/mol. The molecule has 1 aromatic rings. The van der Waals surface area contributed by atoms with Gasteiger partial charge in [0.05, 0.1) is 11.0 Å². The largest absolute Gasteiger partial charge is 0.268 e. The monoisotopic (exact) mass is 206 g/mol. The minimum absolute atomic E-state index is 0.424. The molecule has 0 aromatic carbocycles. The van der Waals surface area contributed by atoms with Crippen LogP contribution in [0.15, 0.2) is 12.7 Å². The third-order valence-electron chi connectivity index (χ3n) is 2.07. The molecule has 0 amide bonds. The molecule has 0 aliphatic rings. The highest BCUT2D eigenvalue weighted by Crippen LogP contribution is 2.03. The fourth-order valence-electron chi connectivity index (χ4n) is 1.32. The van der Waals surface area contributed by atoms with Gasteiger partial charge in [0.25, 0.3) is 0 Å². The molecular formula is C13H22N2. The highest BCUT2D eigenvalue weighted by Gasteiger charge is 2.06. The SMILES string of the molecule is C=C/C=c1/c(C(C)C)nn(C)c1=C.CC. The zero-order valence-electron chi connectivity index (χ0n) is 10.5. The Bertz CT molecular complexity index is 410. The van der Waals surface area contributed by atoms with Crippen molar-refractivity contribution in [3.8, 4) is 0 Å². The van der Waals surface area contributed by atoms with Crippen LogP contribution in [0.1, 0.15) is 39.3 Å². The van der Waals surface area contributed by atoms with E-state index in [1.165, 1.54) is 0 Å². The maximum atomic E-state index is 4.40. The summed E-state index contributed by atoms with van der Waals surface area (Å²) in [5, 5.41) is 6.46. The third-order valence-corrected chi connectivity index (χ3v) is 2.07. The van der Waals surface area contributed by atoms with E-state index < -0.39 is 0 Å². The number of aromatic nitrogens is 2. The Hall–Kier alpha value is -1.31. The van der Waals surface area contributed by atoms with E-state index in [9.17, 15) is 0 Å². The van der Waals surface area contributed by atoms with E-state index in [1.54, 1.807) is 6.08 Å². The maximum absolute atomic E-state index is 4.40. The van der Waals surface area contributed by atoms with Crippen molar-refractivity contribution in [3.05, 3.63) is 28.9 Å². The van der Waals surface area contributed by atoms with Crippen LogP contribution in [0.2, 0.25) is 0 Å². The van der Waals surface area contributed by atoms with Crippen molar-refractivity contribution in [2.45, 2.75) is 33.6 Å². The molecule has 0 spiro atoms. The molecule has 2 nitrogen and oxygen atoms in total. The topological polar surface area (TPSA) is 17.8 Å². The van der Waals surface area contributed by atoms with Gasteiger partial charge < -0.3 is 0 Å². The Kier molecular flexibility index (Phi) is 5.68. The van der Waals surface area contributed by atoms with Crippen LogP contribution in [0, 0.1) is 0 Å². The Morgan fingerprint density at radius 3 is 2.27 bits per heavy atom. The molecule has 15 heavy (non-hydrogen) atoms. The second kappa shape index (κ2) is 6.23. The predicted octanol–water partition coefficient (Wildman–Crippen LogP) is 1.95. The highest BCUT2D eigenvalue weighted by atomic mass is 15.3. The van der Waals surface area contributed by atoms with Crippen LogP contribution in [0.4, 0.5) is 0 Å². The van der Waals surface area contributed by atoms with Crippen LogP contribution in [0.25, 0.3) is 12.7 Å². The summed E-state index contributed by atoms with van der Waals surface area (Å²) in [4.78, 5) is 0. The van der Waals surface area contributed by atoms with Crippen molar-refractivity contribution in [2.75, 3.05) is 0 Å². The van der Waals surface area contributed by atoms with Gasteiger partial charge in [0.15, 0.2) is 0 Å². The zero-order valence-corrected chi connectivity index (χ0v) is 10.5. The summed E-state index contributed by atoms with van der Waals surface area (Å²) in [6, 6.07) is 0. The number of hydrogen-bond acceptors (Lipinski definition) is 1. The summed E-state index contributed by atoms with van der Waals surface area (Å²) < 4.78 is 1.81. The van der Waals surface area contributed by atoms with Gasteiger partial charge in [0, 0.05) is 12.3 Å². The first-order valence-corrected chi connectivity index (χ1v) is 5.42. The average Bonchev–Trinajstić information content (AvgIpc) is 2.50. The van der Waals surface area contributed by atoms with Crippen LogP contribution in [0.3, 0.4) is 0 Å². The Morgan fingerprint density at radius 2 is 1.87 bits per heavy atom. The van der Waals surface area contributed by atoms with Crippen molar-refractivity contribution in [1.82, 2.24) is 9.78 Å². The Morgan fingerprint density at radius 1 is 1.33 bits per heavy atom. The van der Waals surface area contributed by atoms with E-state index in [2.05, 4.69) is 32.1 Å². The average molecular weight is 206 g/mol. The Labute approximate surface area is 92.6 Å². The molecule has 1 aromatic heterocycles. The van der Waals surface area contributed by atoms with Gasteiger partial charge in [-0.15, -0.1) is 0 Å². The molecule has 0 atom stereocenters. The van der Waals surface area contributed by atoms with Gasteiger partial charge in [0.2, 0.25) is 0 Å². The molecule has 0 N–H and O–H groups in total. The minimum atomic E-state index is 0.424. The lowest BCUT2D eigenvalue weighted by Crippen LogP contribution is -2.27. The molecule has 0 radical (unpaired) electrons. The van der Waals surface area contributed by atoms with Crippen molar-refractivity contribution in [3.63, 3.8) is 0 Å². The summed E-state index contributed by atoms with van der Waals surface area (Å²) in [5.74, 6) is 0.424. The van der Waals surface area contributed by atoms with E-state index in [1.807, 2.05) is 31.7 Å². The fourth-order valence-corrected chi connectivity index (χ4v) is 1.32. The van der Waals surface area contributed by atoms with Crippen molar-refractivity contribution >= 4 is 12.7 Å². The van der Waals surface area contributed by atoms with Gasteiger partial charge in [-0.05, 0) is 5.92 Å². The third kappa shape index (κ3) is 3.08. The number of allylic oxidation sites excluding steroid dienone is 1. The fraction of sp³-hybridized carbons (Fsp3) is 0.462. The van der Waals surface area contributed by atoms with Gasteiger partial charge in [-0.2, -0.15) is 5.10 Å². The summed E-state index contributed by atoms with van der Waals surface area (Å²) >= 11 is 0. The standard InChI is InChI=1S/C11H16N2.C2H6/c1-6-7-10-9(4)13(5)12-11(10)8(2)3;1-2/h6-8H,1,4H2,2-3,5H3;1-2H3/b10-7+;. The molecular weight excluding hydrogens is 184 g/mol. The summed E-state index contributed by atoms with van der Waals surface area (Å²) in [6.45, 7) is 15.9. The van der Waals surface area contributed by atoms with E-state index in [0.717, 1.165) is 16.3 Å². The second-order valence-electron chi connectivity index (χ2n) is 3.43. The lowest BCUT2D eigenvalue weighted by atomic mass is 10.1. The van der Waals surface area contributed by atoms with E-state index in [-0.39, 0.29) is 0 Å². The van der Waals surface area contributed by atoms with Crippen LogP contribution < -0.4 is 10.6 Å². The molecule has 0 bridgehead atoms. The van der Waals surface area contributed by atoms with Gasteiger partial charge in [-0.1, -0.05) is 53.0 Å². The molecule has 1 rings (SSSR count). The molecule has 84 valence electrons. The highest BCUT2D eigenvalue weighted by molar-refractivity contribution is 5.37. The molecule has 0 aliphatic heterocycles. The summed E-state index contributed by atoms with van der Waals surface area (Å²) in [5.41, 5.74) is 1.09. The Balaban J connectivity index is 0.000000921. The van der Waals surface area contributed by atoms with Crippen LogP contribution in [-0.2, 0) is 7.05 Å². The number of hydrogen-bond donors (Lipinski definition) is 0. The van der Waals surface area contributed by atoms with Crippen molar-refractivity contribution in [1.29, 1.82) is 0 Å². The second-order valence-corrected chi connectivity index (χ2v) is 3.43. The minimum Gasteiger partial charge on any atom is -0.268 e. The van der Waals surface area contributed by atoms with Gasteiger partial charge in [-0.25, -0.2) is 0 Å².